The number of methoxy groups -OCH3 is 1. The lowest BCUT2D eigenvalue weighted by Gasteiger charge is -2.33. The normalized spacial score (nSPS) is 16.8. The molecule has 1 aliphatic heterocycles. The number of nitrogens with one attached hydrogen (secondary N) is 2. The molecule has 1 heterocycles. The van der Waals surface area contributed by atoms with Crippen molar-refractivity contribution in [3.8, 4) is 5.75 Å². The lowest BCUT2D eigenvalue weighted by atomic mass is 10.1. The molecule has 1 aliphatic rings. The maximum Gasteiger partial charge on any atom is 0.191 e. The molecule has 1 aromatic rings. The molecule has 3 N–H and O–H groups in total. The largest absolute Gasteiger partial charge is 0.497 e. The van der Waals surface area contributed by atoms with Crippen LogP contribution in [0.4, 0.5) is 0 Å². The van der Waals surface area contributed by atoms with Crippen molar-refractivity contribution in [3.63, 3.8) is 0 Å². The van der Waals surface area contributed by atoms with Gasteiger partial charge in [-0.15, -0.1) is 24.0 Å². The van der Waals surface area contributed by atoms with Gasteiger partial charge in [-0.1, -0.05) is 12.1 Å². The molecule has 7 nitrogen and oxygen atoms in total. The zero-order chi connectivity index (χ0) is 21.1. The Morgan fingerprint density at radius 2 is 2.03 bits per heavy atom. The van der Waals surface area contributed by atoms with E-state index in [-0.39, 0.29) is 24.0 Å². The molecule has 8 heteroatoms. The molecule has 0 amide bonds. The average Bonchev–Trinajstić information content (AvgIpc) is 2.73. The first kappa shape index (κ1) is 26.9. The fourth-order valence-electron chi connectivity index (χ4n) is 3.36. The number of ether oxygens (including phenoxy) is 2. The number of nitrogens with zero attached hydrogens (tertiary/aromatic N) is 2. The quantitative estimate of drug-likeness (QED) is 0.244. The minimum atomic E-state index is -0.664. The fraction of sp³-hybridized carbons (Fsp3) is 0.682. The third-order valence-corrected chi connectivity index (χ3v) is 5.03. The zero-order valence-electron chi connectivity index (χ0n) is 18.8. The second kappa shape index (κ2) is 14.8. The highest BCUT2D eigenvalue weighted by molar-refractivity contribution is 14.0. The zero-order valence-corrected chi connectivity index (χ0v) is 21.1. The van der Waals surface area contributed by atoms with Gasteiger partial charge >= 0.3 is 0 Å². The van der Waals surface area contributed by atoms with Gasteiger partial charge in [-0.25, -0.2) is 0 Å². The molecular formula is C22H39IN4O3. The molecule has 0 aliphatic carbocycles. The Labute approximate surface area is 198 Å². The van der Waals surface area contributed by atoms with Crippen LogP contribution in [0.2, 0.25) is 0 Å². The van der Waals surface area contributed by atoms with Crippen molar-refractivity contribution < 1.29 is 14.6 Å². The third-order valence-electron chi connectivity index (χ3n) is 5.03. The number of aliphatic hydroxyl groups is 1. The third kappa shape index (κ3) is 9.80. The Morgan fingerprint density at radius 3 is 2.67 bits per heavy atom. The summed E-state index contributed by atoms with van der Waals surface area (Å²) in [6.45, 7) is 11.2. The Hall–Kier alpha value is -1.10. The van der Waals surface area contributed by atoms with Gasteiger partial charge in [-0.3, -0.25) is 4.99 Å². The monoisotopic (exact) mass is 534 g/mol. The van der Waals surface area contributed by atoms with Gasteiger partial charge in [-0.2, -0.15) is 0 Å². The molecule has 30 heavy (non-hydrogen) atoms. The summed E-state index contributed by atoms with van der Waals surface area (Å²) in [5.41, 5.74) is 0.806. The highest BCUT2D eigenvalue weighted by Crippen LogP contribution is 2.19. The first-order chi connectivity index (χ1) is 14.0. The van der Waals surface area contributed by atoms with Crippen LogP contribution in [0.15, 0.2) is 29.3 Å². The summed E-state index contributed by atoms with van der Waals surface area (Å²) in [6.07, 6.45) is 1.78. The van der Waals surface area contributed by atoms with Gasteiger partial charge in [0.1, 0.15) is 5.75 Å². The van der Waals surface area contributed by atoms with Gasteiger partial charge < -0.3 is 30.1 Å². The molecular weight excluding hydrogens is 495 g/mol. The molecule has 172 valence electrons. The van der Waals surface area contributed by atoms with E-state index in [9.17, 15) is 5.11 Å². The second-order valence-corrected chi connectivity index (χ2v) is 7.69. The number of halogens is 1. The van der Waals surface area contributed by atoms with Gasteiger partial charge in [0.25, 0.3) is 0 Å². The van der Waals surface area contributed by atoms with Crippen LogP contribution in [0.25, 0.3) is 0 Å². The first-order valence-corrected chi connectivity index (χ1v) is 10.7. The van der Waals surface area contributed by atoms with E-state index in [1.807, 2.05) is 31.2 Å². The highest BCUT2D eigenvalue weighted by atomic mass is 127. The summed E-state index contributed by atoms with van der Waals surface area (Å²) in [5.74, 6) is 1.50. The number of benzene rings is 1. The van der Waals surface area contributed by atoms with E-state index in [1.54, 1.807) is 7.11 Å². The fourth-order valence-corrected chi connectivity index (χ4v) is 3.36. The van der Waals surface area contributed by atoms with Gasteiger partial charge in [0.15, 0.2) is 5.96 Å². The SMILES string of the molecule is CCNC(=NCC(O)c1cccc(OC)c1)NC1CCN(CCOC(C)C)CC1.I. The second-order valence-electron chi connectivity index (χ2n) is 7.69. The number of likely N-dealkylation sites (tertiary alicyclic amines) is 1. The molecule has 1 atom stereocenters. The van der Waals surface area contributed by atoms with Crippen molar-refractivity contribution in [2.75, 3.05) is 46.4 Å². The van der Waals surface area contributed by atoms with Gasteiger partial charge in [-0.05, 0) is 51.3 Å². The lowest BCUT2D eigenvalue weighted by molar-refractivity contribution is 0.0532. The van der Waals surface area contributed by atoms with Crippen LogP contribution >= 0.6 is 24.0 Å². The Balaban J connectivity index is 0.00000450. The Morgan fingerprint density at radius 1 is 1.30 bits per heavy atom. The molecule has 0 bridgehead atoms. The van der Waals surface area contributed by atoms with Crippen LogP contribution in [0.3, 0.4) is 0 Å². The number of piperidine rings is 1. The van der Waals surface area contributed by atoms with Crippen LogP contribution in [0.1, 0.15) is 45.3 Å². The molecule has 1 unspecified atom stereocenters. The molecule has 1 aromatic carbocycles. The Kier molecular flexibility index (Phi) is 13.3. The topological polar surface area (TPSA) is 78.4 Å². The summed E-state index contributed by atoms with van der Waals surface area (Å²) >= 11 is 0. The van der Waals surface area contributed by atoms with Crippen LogP contribution < -0.4 is 15.4 Å². The van der Waals surface area contributed by atoms with Crippen molar-refractivity contribution in [2.45, 2.75) is 51.9 Å². The number of aliphatic imine (C=N–C) groups is 1. The summed E-state index contributed by atoms with van der Waals surface area (Å²) in [7, 11) is 1.62. The Bertz CT molecular complexity index is 622. The van der Waals surface area contributed by atoms with Crippen LogP contribution in [-0.4, -0.2) is 74.6 Å². The van der Waals surface area contributed by atoms with Crippen molar-refractivity contribution >= 4 is 29.9 Å². The van der Waals surface area contributed by atoms with E-state index in [0.717, 1.165) is 62.9 Å². The molecule has 1 saturated heterocycles. The van der Waals surface area contributed by atoms with Gasteiger partial charge in [0.05, 0.1) is 32.5 Å². The van der Waals surface area contributed by atoms with E-state index < -0.39 is 6.10 Å². The number of hydrogen-bond acceptors (Lipinski definition) is 5. The molecule has 1 fully saturated rings. The maximum absolute atomic E-state index is 10.5. The van der Waals surface area contributed by atoms with E-state index in [1.165, 1.54) is 0 Å². The predicted molar refractivity (Wildman–Crippen MR) is 133 cm³/mol. The molecule has 0 radical (unpaired) electrons. The van der Waals surface area contributed by atoms with Crippen LogP contribution in [0.5, 0.6) is 5.75 Å². The van der Waals surface area contributed by atoms with E-state index in [0.29, 0.717) is 18.7 Å². The molecule has 0 spiro atoms. The maximum atomic E-state index is 10.5. The summed E-state index contributed by atoms with van der Waals surface area (Å²) < 4.78 is 10.9. The molecule has 0 saturated carbocycles. The van der Waals surface area contributed by atoms with E-state index >= 15 is 0 Å². The predicted octanol–water partition coefficient (Wildman–Crippen LogP) is 2.79. The minimum Gasteiger partial charge on any atom is -0.497 e. The lowest BCUT2D eigenvalue weighted by Crippen LogP contribution is -2.49. The smallest absolute Gasteiger partial charge is 0.191 e. The highest BCUT2D eigenvalue weighted by Gasteiger charge is 2.20. The van der Waals surface area contributed by atoms with E-state index in [2.05, 4.69) is 34.4 Å². The minimum absolute atomic E-state index is 0. The molecule has 0 aromatic heterocycles. The average molecular weight is 534 g/mol. The van der Waals surface area contributed by atoms with Crippen molar-refractivity contribution in [3.05, 3.63) is 29.8 Å². The summed E-state index contributed by atoms with van der Waals surface area (Å²) in [5, 5.41) is 17.3. The number of rotatable bonds is 10. The van der Waals surface area contributed by atoms with Crippen molar-refractivity contribution in [1.29, 1.82) is 0 Å². The first-order valence-electron chi connectivity index (χ1n) is 10.7. The number of guanidine groups is 1. The van der Waals surface area contributed by atoms with Gasteiger partial charge in [0, 0.05) is 32.2 Å². The number of hydrogen-bond donors (Lipinski definition) is 3. The number of aliphatic hydroxyl groups excluding tert-OH is 1. The summed E-state index contributed by atoms with van der Waals surface area (Å²) in [6, 6.07) is 7.88. The van der Waals surface area contributed by atoms with Crippen LogP contribution in [-0.2, 0) is 4.74 Å². The van der Waals surface area contributed by atoms with Crippen molar-refractivity contribution in [1.82, 2.24) is 15.5 Å². The van der Waals surface area contributed by atoms with Crippen molar-refractivity contribution in [2.24, 2.45) is 4.99 Å². The van der Waals surface area contributed by atoms with Crippen LogP contribution in [0, 0.1) is 0 Å². The van der Waals surface area contributed by atoms with Gasteiger partial charge in [0.2, 0.25) is 0 Å². The standard InChI is InChI=1S/C22H38N4O3.HI/c1-5-23-22(24-16-21(27)18-7-6-8-20(15-18)28-4)25-19-9-11-26(12-10-19)13-14-29-17(2)3;/h6-8,15,17,19,21,27H,5,9-14,16H2,1-4H3,(H2,23,24,25);1H. The summed E-state index contributed by atoms with van der Waals surface area (Å²) in [4.78, 5) is 7.05. The molecule has 2 rings (SSSR count). The van der Waals surface area contributed by atoms with E-state index in [4.69, 9.17) is 9.47 Å².